The van der Waals surface area contributed by atoms with Gasteiger partial charge < -0.3 is 19.5 Å². The third-order valence-electron chi connectivity index (χ3n) is 4.51. The van der Waals surface area contributed by atoms with E-state index in [1.54, 1.807) is 30.3 Å². The zero-order chi connectivity index (χ0) is 19.6. The second-order valence-electron chi connectivity index (χ2n) is 6.40. The minimum absolute atomic E-state index is 0.0780. The van der Waals surface area contributed by atoms with Crippen molar-refractivity contribution in [3.8, 4) is 11.5 Å². The number of anilines is 1. The molecule has 0 aromatic heterocycles. The molecule has 0 unspecified atom stereocenters. The summed E-state index contributed by atoms with van der Waals surface area (Å²) in [6, 6.07) is 13.3. The zero-order valence-corrected chi connectivity index (χ0v) is 15.9. The standard InChI is InChI=1S/C19H20N2O6S/c22-19(18-13-26-16-6-1-2-7-17(16)27-18)20-14-4-3-5-15(12-14)28(23,24)21-8-10-25-11-9-21/h1-7,12,18H,8-11,13H2,(H,20,22)/t18-/m1/s1. The van der Waals surface area contributed by atoms with Gasteiger partial charge in [0, 0.05) is 18.8 Å². The third-order valence-corrected chi connectivity index (χ3v) is 6.41. The number of nitrogens with one attached hydrogen (secondary N) is 1. The SMILES string of the molecule is O=C(Nc1cccc(S(=O)(=O)N2CCOCC2)c1)[C@H]1COc2ccccc2O1. The monoisotopic (exact) mass is 404 g/mol. The summed E-state index contributed by atoms with van der Waals surface area (Å²) in [5, 5.41) is 2.71. The number of nitrogens with zero attached hydrogens (tertiary/aromatic N) is 1. The van der Waals surface area contributed by atoms with E-state index in [0.29, 0.717) is 43.5 Å². The van der Waals surface area contributed by atoms with Gasteiger partial charge in [-0.2, -0.15) is 4.31 Å². The van der Waals surface area contributed by atoms with Crippen LogP contribution in [-0.4, -0.2) is 57.6 Å². The fourth-order valence-electron chi connectivity index (χ4n) is 3.04. The number of carbonyl (C=O) groups excluding carboxylic acids is 1. The van der Waals surface area contributed by atoms with Crippen molar-refractivity contribution in [3.63, 3.8) is 0 Å². The molecule has 2 aromatic carbocycles. The molecular weight excluding hydrogens is 384 g/mol. The normalized spacial score (nSPS) is 19.8. The molecule has 1 fully saturated rings. The lowest BCUT2D eigenvalue weighted by atomic mass is 10.2. The van der Waals surface area contributed by atoms with Gasteiger partial charge in [-0.25, -0.2) is 8.42 Å². The lowest BCUT2D eigenvalue weighted by Gasteiger charge is -2.26. The predicted octanol–water partition coefficient (Wildman–Crippen LogP) is 1.49. The van der Waals surface area contributed by atoms with E-state index in [2.05, 4.69) is 5.32 Å². The van der Waals surface area contributed by atoms with Crippen LogP contribution in [0.3, 0.4) is 0 Å². The number of rotatable bonds is 4. The fraction of sp³-hybridized carbons (Fsp3) is 0.316. The molecule has 2 aliphatic rings. The second kappa shape index (κ2) is 7.78. The first-order chi connectivity index (χ1) is 13.5. The topological polar surface area (TPSA) is 94.2 Å². The minimum atomic E-state index is -3.64. The van der Waals surface area contributed by atoms with E-state index in [1.807, 2.05) is 6.07 Å². The van der Waals surface area contributed by atoms with Crippen molar-refractivity contribution in [2.75, 3.05) is 38.2 Å². The van der Waals surface area contributed by atoms with Crippen molar-refractivity contribution in [2.24, 2.45) is 0 Å². The van der Waals surface area contributed by atoms with E-state index < -0.39 is 22.0 Å². The third kappa shape index (κ3) is 3.82. The lowest BCUT2D eigenvalue weighted by molar-refractivity contribution is -0.125. The first-order valence-corrected chi connectivity index (χ1v) is 10.4. The van der Waals surface area contributed by atoms with E-state index in [9.17, 15) is 13.2 Å². The first-order valence-electron chi connectivity index (χ1n) is 8.91. The Morgan fingerprint density at radius 2 is 1.79 bits per heavy atom. The van der Waals surface area contributed by atoms with Crippen LogP contribution in [0.15, 0.2) is 53.4 Å². The highest BCUT2D eigenvalue weighted by Crippen LogP contribution is 2.31. The van der Waals surface area contributed by atoms with Crippen LogP contribution in [0.5, 0.6) is 11.5 Å². The molecule has 0 saturated carbocycles. The van der Waals surface area contributed by atoms with E-state index >= 15 is 0 Å². The first kappa shape index (κ1) is 18.7. The largest absolute Gasteiger partial charge is 0.485 e. The van der Waals surface area contributed by atoms with Crippen LogP contribution in [0, 0.1) is 0 Å². The van der Waals surface area contributed by atoms with Crippen molar-refractivity contribution in [1.29, 1.82) is 0 Å². The number of carbonyl (C=O) groups is 1. The molecule has 1 N–H and O–H groups in total. The Balaban J connectivity index is 1.47. The summed E-state index contributed by atoms with van der Waals surface area (Å²) in [7, 11) is -3.64. The Kier molecular flexibility index (Phi) is 5.21. The van der Waals surface area contributed by atoms with Crippen molar-refractivity contribution in [2.45, 2.75) is 11.0 Å². The summed E-state index contributed by atoms with van der Waals surface area (Å²) < 4.78 is 43.4. The quantitative estimate of drug-likeness (QED) is 0.830. The minimum Gasteiger partial charge on any atom is -0.485 e. The molecule has 0 spiro atoms. The summed E-state index contributed by atoms with van der Waals surface area (Å²) in [4.78, 5) is 12.7. The Morgan fingerprint density at radius 1 is 1.04 bits per heavy atom. The molecule has 2 heterocycles. The van der Waals surface area contributed by atoms with E-state index in [4.69, 9.17) is 14.2 Å². The van der Waals surface area contributed by atoms with Crippen molar-refractivity contribution in [3.05, 3.63) is 48.5 Å². The van der Waals surface area contributed by atoms with Crippen LogP contribution in [0.25, 0.3) is 0 Å². The zero-order valence-electron chi connectivity index (χ0n) is 15.0. The number of para-hydroxylation sites is 2. The number of amides is 1. The molecule has 2 aliphatic heterocycles. The average Bonchev–Trinajstić information content (AvgIpc) is 2.74. The van der Waals surface area contributed by atoms with Gasteiger partial charge in [0.15, 0.2) is 11.5 Å². The van der Waals surface area contributed by atoms with E-state index in [0.717, 1.165) is 0 Å². The highest BCUT2D eigenvalue weighted by Gasteiger charge is 2.29. The van der Waals surface area contributed by atoms with Gasteiger partial charge in [0.25, 0.3) is 5.91 Å². The lowest BCUT2D eigenvalue weighted by Crippen LogP contribution is -2.41. The van der Waals surface area contributed by atoms with Crippen molar-refractivity contribution < 1.29 is 27.4 Å². The van der Waals surface area contributed by atoms with Crippen LogP contribution in [0.2, 0.25) is 0 Å². The van der Waals surface area contributed by atoms with Crippen molar-refractivity contribution >= 4 is 21.6 Å². The van der Waals surface area contributed by atoms with Gasteiger partial charge in [0.2, 0.25) is 16.1 Å². The van der Waals surface area contributed by atoms with Gasteiger partial charge in [-0.1, -0.05) is 18.2 Å². The van der Waals surface area contributed by atoms with Gasteiger partial charge in [0.1, 0.15) is 6.61 Å². The number of hydrogen-bond donors (Lipinski definition) is 1. The number of fused-ring (bicyclic) bond motifs is 1. The maximum atomic E-state index is 12.8. The molecule has 8 nitrogen and oxygen atoms in total. The summed E-state index contributed by atoms with van der Waals surface area (Å²) in [6.45, 7) is 1.44. The smallest absolute Gasteiger partial charge is 0.269 e. The Hall–Kier alpha value is -2.62. The maximum absolute atomic E-state index is 12.8. The van der Waals surface area contributed by atoms with Gasteiger partial charge in [-0.15, -0.1) is 0 Å². The van der Waals surface area contributed by atoms with Crippen LogP contribution in [-0.2, 0) is 19.6 Å². The summed E-state index contributed by atoms with van der Waals surface area (Å²) >= 11 is 0. The molecule has 0 aliphatic carbocycles. The summed E-state index contributed by atoms with van der Waals surface area (Å²) in [6.07, 6.45) is -0.825. The molecule has 9 heteroatoms. The predicted molar refractivity (Wildman–Crippen MR) is 101 cm³/mol. The molecule has 0 radical (unpaired) electrons. The maximum Gasteiger partial charge on any atom is 0.269 e. The summed E-state index contributed by atoms with van der Waals surface area (Å²) in [5.41, 5.74) is 0.377. The fourth-order valence-corrected chi connectivity index (χ4v) is 4.50. The number of hydrogen-bond acceptors (Lipinski definition) is 6. The van der Waals surface area contributed by atoms with Crippen LogP contribution >= 0.6 is 0 Å². The molecule has 4 rings (SSSR count). The summed E-state index contributed by atoms with van der Waals surface area (Å²) in [5.74, 6) is 0.679. The molecule has 0 bridgehead atoms. The molecule has 28 heavy (non-hydrogen) atoms. The van der Waals surface area contributed by atoms with Gasteiger partial charge in [-0.3, -0.25) is 4.79 Å². The number of benzene rings is 2. The molecule has 2 aromatic rings. The highest BCUT2D eigenvalue weighted by atomic mass is 32.2. The molecular formula is C19H20N2O6S. The number of morpholine rings is 1. The number of ether oxygens (including phenoxy) is 3. The average molecular weight is 404 g/mol. The van der Waals surface area contributed by atoms with E-state index in [1.165, 1.54) is 16.4 Å². The molecule has 1 saturated heterocycles. The van der Waals surface area contributed by atoms with Gasteiger partial charge >= 0.3 is 0 Å². The molecule has 1 atom stereocenters. The highest BCUT2D eigenvalue weighted by molar-refractivity contribution is 7.89. The van der Waals surface area contributed by atoms with Gasteiger partial charge in [0.05, 0.1) is 18.1 Å². The van der Waals surface area contributed by atoms with Crippen molar-refractivity contribution in [1.82, 2.24) is 4.31 Å². The van der Waals surface area contributed by atoms with Crippen LogP contribution in [0.4, 0.5) is 5.69 Å². The van der Waals surface area contributed by atoms with Crippen LogP contribution < -0.4 is 14.8 Å². The Morgan fingerprint density at radius 3 is 2.57 bits per heavy atom. The number of sulfonamides is 1. The Labute approximate surface area is 163 Å². The van der Waals surface area contributed by atoms with Gasteiger partial charge in [-0.05, 0) is 30.3 Å². The molecule has 1 amide bonds. The second-order valence-corrected chi connectivity index (χ2v) is 8.34. The van der Waals surface area contributed by atoms with Crippen LogP contribution in [0.1, 0.15) is 0 Å². The molecule has 148 valence electrons. The Bertz CT molecular complexity index is 972. The van der Waals surface area contributed by atoms with E-state index in [-0.39, 0.29) is 11.5 Å².